The second kappa shape index (κ2) is 7.35. The number of esters is 1. The molecule has 1 saturated heterocycles. The summed E-state index contributed by atoms with van der Waals surface area (Å²) in [5.74, 6) is -0.306. The van der Waals surface area contributed by atoms with Gasteiger partial charge in [0.2, 0.25) is 0 Å². The van der Waals surface area contributed by atoms with Gasteiger partial charge in [-0.25, -0.2) is 0 Å². The Morgan fingerprint density at radius 2 is 1.78 bits per heavy atom. The van der Waals surface area contributed by atoms with E-state index in [0.29, 0.717) is 6.61 Å². The van der Waals surface area contributed by atoms with Crippen molar-refractivity contribution in [2.45, 2.75) is 73.4 Å². The van der Waals surface area contributed by atoms with E-state index in [1.807, 2.05) is 40.7 Å². The maximum atomic E-state index is 12.0. The summed E-state index contributed by atoms with van der Waals surface area (Å²) in [5, 5.41) is 0. The van der Waals surface area contributed by atoms with E-state index >= 15 is 0 Å². The molecule has 134 valence electrons. The fraction of sp³-hybridized carbons (Fsp3) is 0.842. The minimum atomic E-state index is -0.651. The first-order valence-corrected chi connectivity index (χ1v) is 8.54. The number of rotatable bonds is 5. The second-order valence-electron chi connectivity index (χ2n) is 8.34. The average Bonchev–Trinajstić information content (AvgIpc) is 2.44. The highest BCUT2D eigenvalue weighted by Gasteiger charge is 2.44. The molecule has 0 spiro atoms. The molecule has 1 heterocycles. The van der Waals surface area contributed by atoms with Crippen LogP contribution in [0.4, 0.5) is 0 Å². The highest BCUT2D eigenvalue weighted by atomic mass is 16.7. The molecule has 0 N–H and O–H groups in total. The minimum Gasteiger partial charge on any atom is -0.465 e. The largest absolute Gasteiger partial charge is 0.465 e. The van der Waals surface area contributed by atoms with E-state index in [1.165, 1.54) is 0 Å². The predicted molar refractivity (Wildman–Crippen MR) is 91.9 cm³/mol. The molecule has 4 nitrogen and oxygen atoms in total. The zero-order valence-corrected chi connectivity index (χ0v) is 16.0. The molecule has 0 bridgehead atoms. The molecule has 0 saturated carbocycles. The zero-order chi connectivity index (χ0) is 18.0. The number of carbonyl (C=O) groups excluding carboxylic acids is 1. The van der Waals surface area contributed by atoms with Gasteiger partial charge in [-0.2, -0.15) is 0 Å². The van der Waals surface area contributed by atoms with Crippen molar-refractivity contribution in [3.05, 3.63) is 12.7 Å². The molecule has 0 aliphatic carbocycles. The molecule has 0 unspecified atom stereocenters. The van der Waals surface area contributed by atoms with Crippen molar-refractivity contribution in [1.29, 1.82) is 0 Å². The SMILES string of the molecule is C=C[C@@H](C)[C@H]1OC(C)(C)O[C@H]([C@H](C)COC(=O)C(C)(C)C)[C@H]1C. The van der Waals surface area contributed by atoms with Gasteiger partial charge in [0, 0.05) is 17.8 Å². The van der Waals surface area contributed by atoms with Gasteiger partial charge < -0.3 is 14.2 Å². The minimum absolute atomic E-state index is 0.0288. The first-order valence-electron chi connectivity index (χ1n) is 8.54. The topological polar surface area (TPSA) is 44.8 Å². The molecule has 23 heavy (non-hydrogen) atoms. The second-order valence-corrected chi connectivity index (χ2v) is 8.34. The molecule has 0 aromatic heterocycles. The Morgan fingerprint density at radius 3 is 2.26 bits per heavy atom. The lowest BCUT2D eigenvalue weighted by molar-refractivity contribution is -0.333. The van der Waals surface area contributed by atoms with Gasteiger partial charge in [-0.3, -0.25) is 4.79 Å². The first kappa shape index (κ1) is 20.2. The molecule has 0 aromatic carbocycles. The predicted octanol–water partition coefficient (Wildman–Crippen LogP) is 4.19. The molecule has 1 fully saturated rings. The van der Waals surface area contributed by atoms with Gasteiger partial charge in [-0.15, -0.1) is 6.58 Å². The quantitative estimate of drug-likeness (QED) is 0.561. The van der Waals surface area contributed by atoms with Crippen LogP contribution in [0.1, 0.15) is 55.4 Å². The van der Waals surface area contributed by atoms with Crippen LogP contribution in [0.5, 0.6) is 0 Å². The van der Waals surface area contributed by atoms with Crippen LogP contribution in [0, 0.1) is 23.2 Å². The van der Waals surface area contributed by atoms with Crippen molar-refractivity contribution in [3.8, 4) is 0 Å². The first-order chi connectivity index (χ1) is 10.4. The lowest BCUT2D eigenvalue weighted by Gasteiger charge is -2.48. The van der Waals surface area contributed by atoms with Crippen molar-refractivity contribution in [2.75, 3.05) is 6.61 Å². The van der Waals surface area contributed by atoms with Gasteiger partial charge in [0.1, 0.15) is 0 Å². The van der Waals surface area contributed by atoms with Crippen LogP contribution in [-0.2, 0) is 19.0 Å². The van der Waals surface area contributed by atoms with Crippen molar-refractivity contribution in [3.63, 3.8) is 0 Å². The maximum absolute atomic E-state index is 12.0. The zero-order valence-electron chi connectivity index (χ0n) is 16.0. The maximum Gasteiger partial charge on any atom is 0.311 e. The van der Waals surface area contributed by atoms with Crippen LogP contribution in [0.15, 0.2) is 12.7 Å². The van der Waals surface area contributed by atoms with E-state index in [9.17, 15) is 4.79 Å². The van der Waals surface area contributed by atoms with Gasteiger partial charge in [0.05, 0.1) is 24.2 Å². The van der Waals surface area contributed by atoms with Crippen LogP contribution < -0.4 is 0 Å². The lowest BCUT2D eigenvalue weighted by atomic mass is 9.82. The number of hydrogen-bond donors (Lipinski definition) is 0. The Labute approximate surface area is 141 Å². The Morgan fingerprint density at radius 1 is 1.26 bits per heavy atom. The Kier molecular flexibility index (Phi) is 6.45. The average molecular weight is 326 g/mol. The standard InChI is InChI=1S/C19H34O4/c1-10-12(2)15-14(4)16(23-19(8,9)22-15)13(3)11-21-17(20)18(5,6)7/h10,12-16H,1,11H2,2-9H3/t12-,13-,14+,15-,16-/m1/s1. The molecule has 0 aromatic rings. The van der Waals surface area contributed by atoms with E-state index in [0.717, 1.165) is 0 Å². The van der Waals surface area contributed by atoms with Crippen LogP contribution in [-0.4, -0.2) is 30.6 Å². The van der Waals surface area contributed by atoms with E-state index in [4.69, 9.17) is 14.2 Å². The van der Waals surface area contributed by atoms with Gasteiger partial charge in [-0.1, -0.05) is 26.8 Å². The highest BCUT2D eigenvalue weighted by molar-refractivity contribution is 5.75. The molecule has 1 aliphatic rings. The van der Waals surface area contributed by atoms with Crippen LogP contribution in [0.25, 0.3) is 0 Å². The van der Waals surface area contributed by atoms with Gasteiger partial charge in [0.15, 0.2) is 5.79 Å². The lowest BCUT2D eigenvalue weighted by Crippen LogP contribution is -2.54. The molecular weight excluding hydrogens is 292 g/mol. The summed E-state index contributed by atoms with van der Waals surface area (Å²) < 4.78 is 17.7. The van der Waals surface area contributed by atoms with Crippen molar-refractivity contribution in [1.82, 2.24) is 0 Å². The third-order valence-corrected chi connectivity index (χ3v) is 4.42. The van der Waals surface area contributed by atoms with Gasteiger partial charge in [-0.05, 0) is 34.6 Å². The summed E-state index contributed by atoms with van der Waals surface area (Å²) in [6.07, 6.45) is 1.94. The van der Waals surface area contributed by atoms with E-state index in [2.05, 4.69) is 27.4 Å². The summed E-state index contributed by atoms with van der Waals surface area (Å²) in [6, 6.07) is 0. The molecule has 5 atom stereocenters. The third kappa shape index (κ3) is 5.32. The Hall–Kier alpha value is -0.870. The van der Waals surface area contributed by atoms with Gasteiger partial charge in [0.25, 0.3) is 0 Å². The summed E-state index contributed by atoms with van der Waals surface area (Å²) in [4.78, 5) is 12.0. The van der Waals surface area contributed by atoms with Crippen molar-refractivity contribution >= 4 is 5.97 Å². The Bertz CT molecular complexity index is 422. The van der Waals surface area contributed by atoms with E-state index in [1.54, 1.807) is 0 Å². The molecular formula is C19H34O4. The van der Waals surface area contributed by atoms with Crippen molar-refractivity contribution in [2.24, 2.45) is 23.2 Å². The Balaban J connectivity index is 2.79. The van der Waals surface area contributed by atoms with Crippen LogP contribution in [0.2, 0.25) is 0 Å². The molecule has 4 heteroatoms. The van der Waals surface area contributed by atoms with Gasteiger partial charge >= 0.3 is 5.97 Å². The van der Waals surface area contributed by atoms with Crippen molar-refractivity contribution < 1.29 is 19.0 Å². The molecule has 0 amide bonds. The number of carbonyl (C=O) groups is 1. The summed E-state index contributed by atoms with van der Waals surface area (Å²) in [5.41, 5.74) is -0.485. The van der Waals surface area contributed by atoms with Crippen LogP contribution in [0.3, 0.4) is 0 Å². The van der Waals surface area contributed by atoms with Crippen LogP contribution >= 0.6 is 0 Å². The normalized spacial score (nSPS) is 30.3. The van der Waals surface area contributed by atoms with E-state index in [-0.39, 0.29) is 35.9 Å². The fourth-order valence-electron chi connectivity index (χ4n) is 2.96. The monoisotopic (exact) mass is 326 g/mol. The third-order valence-electron chi connectivity index (χ3n) is 4.42. The fourth-order valence-corrected chi connectivity index (χ4v) is 2.96. The summed E-state index contributed by atoms with van der Waals surface area (Å²) >= 11 is 0. The smallest absolute Gasteiger partial charge is 0.311 e. The highest BCUT2D eigenvalue weighted by Crippen LogP contribution is 2.37. The molecule has 0 radical (unpaired) electrons. The summed E-state index contributed by atoms with van der Waals surface area (Å²) in [7, 11) is 0. The number of hydrogen-bond acceptors (Lipinski definition) is 4. The number of ether oxygens (including phenoxy) is 3. The summed E-state index contributed by atoms with van der Waals surface area (Å²) in [6.45, 7) is 20.0. The van der Waals surface area contributed by atoms with E-state index < -0.39 is 11.2 Å². The molecule has 1 aliphatic heterocycles. The molecule has 1 rings (SSSR count).